The lowest BCUT2D eigenvalue weighted by Gasteiger charge is -2.14. The first-order valence-corrected chi connectivity index (χ1v) is 4.21. The lowest BCUT2D eigenvalue weighted by Crippen LogP contribution is -2.25. The lowest BCUT2D eigenvalue weighted by molar-refractivity contribution is 0.332. The maximum absolute atomic E-state index is 12.5. The predicted molar refractivity (Wildman–Crippen MR) is 49.6 cm³/mol. The molecule has 0 fully saturated rings. The van der Waals surface area contributed by atoms with Crippen LogP contribution in [0.25, 0.3) is 0 Å². The van der Waals surface area contributed by atoms with Gasteiger partial charge in [-0.3, -0.25) is 9.88 Å². The topological polar surface area (TPSA) is 42.1 Å². The fraction of sp³-hybridized carbons (Fsp3) is 0.444. The molecule has 0 aliphatic rings. The molecule has 1 rings (SSSR count). The Balaban J connectivity index is 2.49. The maximum Gasteiger partial charge on any atom is 0.141 e. The van der Waals surface area contributed by atoms with Gasteiger partial charge in [0.2, 0.25) is 0 Å². The Hall–Kier alpha value is -1.00. The Morgan fingerprint density at radius 2 is 2.31 bits per heavy atom. The summed E-state index contributed by atoms with van der Waals surface area (Å²) in [5.74, 6) is -0.301. The highest BCUT2D eigenvalue weighted by Crippen LogP contribution is 2.00. The van der Waals surface area contributed by atoms with Gasteiger partial charge < -0.3 is 5.73 Å². The summed E-state index contributed by atoms with van der Waals surface area (Å²) in [6, 6.07) is 3.10. The van der Waals surface area contributed by atoms with Gasteiger partial charge in [0.15, 0.2) is 0 Å². The van der Waals surface area contributed by atoms with E-state index in [-0.39, 0.29) is 5.82 Å². The van der Waals surface area contributed by atoms with E-state index in [0.717, 1.165) is 12.2 Å². The fourth-order valence-electron chi connectivity index (χ4n) is 1.08. The Kier molecular flexibility index (Phi) is 3.79. The van der Waals surface area contributed by atoms with Crippen molar-refractivity contribution in [3.05, 3.63) is 29.8 Å². The monoisotopic (exact) mass is 183 g/mol. The van der Waals surface area contributed by atoms with Crippen molar-refractivity contribution in [3.8, 4) is 0 Å². The van der Waals surface area contributed by atoms with Gasteiger partial charge in [0.1, 0.15) is 5.82 Å². The van der Waals surface area contributed by atoms with E-state index in [4.69, 9.17) is 5.73 Å². The summed E-state index contributed by atoms with van der Waals surface area (Å²) >= 11 is 0. The van der Waals surface area contributed by atoms with E-state index in [9.17, 15) is 4.39 Å². The summed E-state index contributed by atoms with van der Waals surface area (Å²) in [5.41, 5.74) is 6.24. The molecule has 0 radical (unpaired) electrons. The van der Waals surface area contributed by atoms with Crippen LogP contribution in [0.4, 0.5) is 4.39 Å². The molecule has 0 bridgehead atoms. The van der Waals surface area contributed by atoms with Crippen LogP contribution in [0.1, 0.15) is 5.69 Å². The highest BCUT2D eigenvalue weighted by Gasteiger charge is 1.99. The van der Waals surface area contributed by atoms with Crippen molar-refractivity contribution in [2.75, 3.05) is 20.1 Å². The summed E-state index contributed by atoms with van der Waals surface area (Å²) in [6.45, 7) is 2.15. The molecule has 0 aliphatic heterocycles. The average molecular weight is 183 g/mol. The normalized spacial score (nSPS) is 10.8. The first-order chi connectivity index (χ1) is 6.22. The minimum atomic E-state index is -0.301. The zero-order valence-corrected chi connectivity index (χ0v) is 7.70. The van der Waals surface area contributed by atoms with Crippen molar-refractivity contribution in [3.63, 3.8) is 0 Å². The van der Waals surface area contributed by atoms with Gasteiger partial charge in [0.25, 0.3) is 0 Å². The van der Waals surface area contributed by atoms with Gasteiger partial charge in [0, 0.05) is 19.6 Å². The summed E-state index contributed by atoms with van der Waals surface area (Å²) < 4.78 is 12.5. The molecule has 1 heterocycles. The third-order valence-corrected chi connectivity index (χ3v) is 1.73. The number of nitrogens with zero attached hydrogens (tertiary/aromatic N) is 2. The van der Waals surface area contributed by atoms with Crippen molar-refractivity contribution < 1.29 is 4.39 Å². The van der Waals surface area contributed by atoms with E-state index >= 15 is 0 Å². The van der Waals surface area contributed by atoms with Crippen molar-refractivity contribution in [1.82, 2.24) is 9.88 Å². The Morgan fingerprint density at radius 3 is 2.85 bits per heavy atom. The molecular formula is C9H14FN3. The van der Waals surface area contributed by atoms with Crippen LogP contribution >= 0.6 is 0 Å². The highest BCUT2D eigenvalue weighted by atomic mass is 19.1. The number of halogens is 1. The molecule has 72 valence electrons. The van der Waals surface area contributed by atoms with Crippen molar-refractivity contribution in [2.45, 2.75) is 6.54 Å². The molecule has 0 atom stereocenters. The lowest BCUT2D eigenvalue weighted by atomic mass is 10.3. The van der Waals surface area contributed by atoms with Crippen LogP contribution in [0.3, 0.4) is 0 Å². The first-order valence-electron chi connectivity index (χ1n) is 4.21. The second kappa shape index (κ2) is 4.89. The van der Waals surface area contributed by atoms with Gasteiger partial charge in [-0.1, -0.05) is 0 Å². The molecule has 0 aliphatic carbocycles. The molecule has 0 saturated carbocycles. The summed E-state index contributed by atoms with van der Waals surface area (Å²) in [6.07, 6.45) is 1.23. The van der Waals surface area contributed by atoms with E-state index in [1.165, 1.54) is 12.3 Å². The molecule has 0 saturated heterocycles. The summed E-state index contributed by atoms with van der Waals surface area (Å²) in [7, 11) is 1.96. The van der Waals surface area contributed by atoms with Crippen LogP contribution in [0, 0.1) is 5.82 Å². The number of hydrogen-bond acceptors (Lipinski definition) is 3. The van der Waals surface area contributed by atoms with Gasteiger partial charge in [-0.25, -0.2) is 4.39 Å². The van der Waals surface area contributed by atoms with Crippen LogP contribution in [-0.4, -0.2) is 30.0 Å². The maximum atomic E-state index is 12.5. The standard InChI is InChI=1S/C9H14FN3/c1-13(5-4-11)7-9-3-2-8(10)6-12-9/h2-3,6H,4-5,7,11H2,1H3. The SMILES string of the molecule is CN(CCN)Cc1ccc(F)cn1. The quantitative estimate of drug-likeness (QED) is 0.743. The van der Waals surface area contributed by atoms with E-state index < -0.39 is 0 Å². The smallest absolute Gasteiger partial charge is 0.141 e. The zero-order valence-electron chi connectivity index (χ0n) is 7.70. The predicted octanol–water partition coefficient (Wildman–Crippen LogP) is 0.611. The van der Waals surface area contributed by atoms with Crippen molar-refractivity contribution in [1.29, 1.82) is 0 Å². The minimum absolute atomic E-state index is 0.301. The molecule has 13 heavy (non-hydrogen) atoms. The van der Waals surface area contributed by atoms with Gasteiger partial charge in [-0.2, -0.15) is 0 Å². The third-order valence-electron chi connectivity index (χ3n) is 1.73. The number of likely N-dealkylation sites (N-methyl/N-ethyl adjacent to an activating group) is 1. The second-order valence-corrected chi connectivity index (χ2v) is 2.99. The molecule has 0 unspecified atom stereocenters. The molecule has 1 aromatic heterocycles. The molecule has 4 heteroatoms. The van der Waals surface area contributed by atoms with Gasteiger partial charge in [0.05, 0.1) is 11.9 Å². The van der Waals surface area contributed by atoms with Crippen molar-refractivity contribution in [2.24, 2.45) is 5.73 Å². The van der Waals surface area contributed by atoms with E-state index in [1.807, 2.05) is 11.9 Å². The Morgan fingerprint density at radius 1 is 1.54 bits per heavy atom. The van der Waals surface area contributed by atoms with Crippen LogP contribution < -0.4 is 5.73 Å². The third kappa shape index (κ3) is 3.48. The van der Waals surface area contributed by atoms with Gasteiger partial charge >= 0.3 is 0 Å². The summed E-state index contributed by atoms with van der Waals surface area (Å²) in [4.78, 5) is 5.98. The first kappa shape index (κ1) is 10.1. The number of pyridine rings is 1. The minimum Gasteiger partial charge on any atom is -0.329 e. The van der Waals surface area contributed by atoms with Crippen molar-refractivity contribution >= 4 is 0 Å². The van der Waals surface area contributed by atoms with Crippen LogP contribution in [0.5, 0.6) is 0 Å². The molecular weight excluding hydrogens is 169 g/mol. The second-order valence-electron chi connectivity index (χ2n) is 2.99. The van der Waals surface area contributed by atoms with Gasteiger partial charge in [-0.15, -0.1) is 0 Å². The average Bonchev–Trinajstić information content (AvgIpc) is 2.09. The number of aromatic nitrogens is 1. The molecule has 0 amide bonds. The Bertz CT molecular complexity index is 248. The van der Waals surface area contributed by atoms with Crippen LogP contribution in [-0.2, 0) is 6.54 Å². The molecule has 2 N–H and O–H groups in total. The van der Waals surface area contributed by atoms with E-state index in [1.54, 1.807) is 6.07 Å². The summed E-state index contributed by atoms with van der Waals surface area (Å²) in [5, 5.41) is 0. The highest BCUT2D eigenvalue weighted by molar-refractivity contribution is 5.04. The van der Waals surface area contributed by atoms with Gasteiger partial charge in [-0.05, 0) is 19.2 Å². The molecule has 0 spiro atoms. The van der Waals surface area contributed by atoms with Crippen LogP contribution in [0.2, 0.25) is 0 Å². The van der Waals surface area contributed by atoms with Crippen LogP contribution in [0.15, 0.2) is 18.3 Å². The fourth-order valence-corrected chi connectivity index (χ4v) is 1.08. The zero-order chi connectivity index (χ0) is 9.68. The molecule has 1 aromatic rings. The number of nitrogens with two attached hydrogens (primary N) is 1. The molecule has 0 aromatic carbocycles. The Labute approximate surface area is 77.4 Å². The van der Waals surface area contributed by atoms with E-state index in [2.05, 4.69) is 4.98 Å². The number of hydrogen-bond donors (Lipinski definition) is 1. The number of rotatable bonds is 4. The largest absolute Gasteiger partial charge is 0.329 e. The van der Waals surface area contributed by atoms with E-state index in [0.29, 0.717) is 13.1 Å². The molecule has 3 nitrogen and oxygen atoms in total.